The maximum Gasteiger partial charge on any atom is 0.290 e. The van der Waals surface area contributed by atoms with E-state index in [1.54, 1.807) is 12.3 Å². The molecule has 6 rings (SSSR count). The Kier molecular flexibility index (Phi) is 7.32. The van der Waals surface area contributed by atoms with Crippen LogP contribution in [0.1, 0.15) is 46.6 Å². The number of fused-ring (bicyclic) bond motifs is 2. The zero-order valence-electron chi connectivity index (χ0n) is 20.4. The predicted molar refractivity (Wildman–Crippen MR) is 143 cm³/mol. The number of aromatic amines is 1. The summed E-state index contributed by atoms with van der Waals surface area (Å²) in [4.78, 5) is 40.7. The molecule has 1 fully saturated rings. The lowest BCUT2D eigenvalue weighted by Crippen LogP contribution is -2.29. The minimum absolute atomic E-state index is 0.207. The summed E-state index contributed by atoms with van der Waals surface area (Å²) in [6.07, 6.45) is 9.30. The highest BCUT2D eigenvalue weighted by Crippen LogP contribution is 2.34. The van der Waals surface area contributed by atoms with Gasteiger partial charge in [0.15, 0.2) is 0 Å². The van der Waals surface area contributed by atoms with Crippen LogP contribution in [-0.2, 0) is 17.9 Å². The fourth-order valence-corrected chi connectivity index (χ4v) is 4.93. The van der Waals surface area contributed by atoms with Crippen LogP contribution in [0.2, 0.25) is 0 Å². The van der Waals surface area contributed by atoms with Gasteiger partial charge < -0.3 is 15.4 Å². The molecule has 0 atom stereocenters. The molecule has 5 heterocycles. The molecule has 1 saturated heterocycles. The van der Waals surface area contributed by atoms with E-state index in [-0.39, 0.29) is 12.4 Å². The Labute approximate surface area is 214 Å². The molecule has 2 aliphatic heterocycles. The number of aliphatic imine (C=N–C) groups is 1. The minimum Gasteiger partial charge on any atom is -0.483 e. The molecule has 0 radical (unpaired) electrons. The van der Waals surface area contributed by atoms with Gasteiger partial charge in [0.25, 0.3) is 12.4 Å². The number of nitrogens with zero attached hydrogens (tertiary/aromatic N) is 4. The highest BCUT2D eigenvalue weighted by molar-refractivity contribution is 6.07. The number of hydrogen-bond donors (Lipinski definition) is 3. The third-order valence-electron chi connectivity index (χ3n) is 6.64. The van der Waals surface area contributed by atoms with Crippen molar-refractivity contribution < 1.29 is 14.7 Å². The first-order chi connectivity index (χ1) is 18.2. The molecule has 9 nitrogen and oxygen atoms in total. The summed E-state index contributed by atoms with van der Waals surface area (Å²) in [7, 11) is 0. The quantitative estimate of drug-likeness (QED) is 0.350. The number of carbonyl (C=O) groups is 2. The first-order valence-electron chi connectivity index (χ1n) is 12.3. The van der Waals surface area contributed by atoms with E-state index in [0.717, 1.165) is 64.3 Å². The maximum atomic E-state index is 13.2. The molecule has 1 aromatic carbocycles. The van der Waals surface area contributed by atoms with Crippen molar-refractivity contribution in [2.45, 2.75) is 32.4 Å². The highest BCUT2D eigenvalue weighted by Gasteiger charge is 2.19. The van der Waals surface area contributed by atoms with Crippen molar-refractivity contribution in [2.24, 2.45) is 4.99 Å². The van der Waals surface area contributed by atoms with Gasteiger partial charge in [-0.3, -0.25) is 19.5 Å². The lowest BCUT2D eigenvalue weighted by Gasteiger charge is -2.26. The molecule has 2 aliphatic rings. The van der Waals surface area contributed by atoms with E-state index in [0.29, 0.717) is 12.2 Å². The number of carbonyl (C=O) groups excluding carboxylic acids is 1. The topological polar surface area (TPSA) is 124 Å². The Balaban J connectivity index is 0.000000892. The van der Waals surface area contributed by atoms with Crippen LogP contribution >= 0.6 is 0 Å². The van der Waals surface area contributed by atoms with E-state index in [1.807, 2.05) is 42.7 Å². The number of pyridine rings is 2. The zero-order chi connectivity index (χ0) is 25.6. The van der Waals surface area contributed by atoms with Gasteiger partial charge in [-0.1, -0.05) is 12.5 Å². The average Bonchev–Trinajstić information content (AvgIpc) is 3.59. The summed E-state index contributed by atoms with van der Waals surface area (Å²) in [5.41, 5.74) is 7.11. The van der Waals surface area contributed by atoms with Crippen LogP contribution in [0.3, 0.4) is 0 Å². The number of aromatic nitrogens is 3. The SMILES string of the molecule is O=C(Nc1cc(-c2ccnc3[nH]ccc23)cc2c1C=NC2)c1cccc(CN2CCCCC2)n1.O=CO. The average molecular weight is 497 g/mol. The molecular weight excluding hydrogens is 468 g/mol. The summed E-state index contributed by atoms with van der Waals surface area (Å²) in [5, 5.41) is 11.0. The summed E-state index contributed by atoms with van der Waals surface area (Å²) >= 11 is 0. The molecule has 9 heteroatoms. The molecular formula is C28H28N6O3. The van der Waals surface area contributed by atoms with Crippen molar-refractivity contribution in [2.75, 3.05) is 18.4 Å². The monoisotopic (exact) mass is 496 g/mol. The summed E-state index contributed by atoms with van der Waals surface area (Å²) in [6.45, 7) is 3.34. The molecule has 0 saturated carbocycles. The van der Waals surface area contributed by atoms with E-state index >= 15 is 0 Å². The van der Waals surface area contributed by atoms with Gasteiger partial charge in [0.2, 0.25) is 0 Å². The van der Waals surface area contributed by atoms with E-state index < -0.39 is 0 Å². The lowest BCUT2D eigenvalue weighted by molar-refractivity contribution is -0.122. The van der Waals surface area contributed by atoms with Crippen LogP contribution < -0.4 is 5.32 Å². The second-order valence-electron chi connectivity index (χ2n) is 9.08. The number of benzene rings is 1. The normalized spacial score (nSPS) is 14.6. The first kappa shape index (κ1) is 24.3. The molecule has 4 aromatic rings. The summed E-state index contributed by atoms with van der Waals surface area (Å²) in [5.74, 6) is -0.207. The fourth-order valence-electron chi connectivity index (χ4n) is 4.93. The van der Waals surface area contributed by atoms with Gasteiger partial charge in [-0.15, -0.1) is 0 Å². The van der Waals surface area contributed by atoms with Crippen molar-refractivity contribution in [1.82, 2.24) is 19.9 Å². The van der Waals surface area contributed by atoms with Crippen LogP contribution in [0.15, 0.2) is 59.9 Å². The molecule has 188 valence electrons. The number of nitrogens with one attached hydrogen (secondary N) is 2. The minimum atomic E-state index is -0.250. The maximum absolute atomic E-state index is 13.2. The highest BCUT2D eigenvalue weighted by atomic mass is 16.3. The Morgan fingerprint density at radius 1 is 1.14 bits per heavy atom. The van der Waals surface area contributed by atoms with E-state index in [4.69, 9.17) is 9.90 Å². The van der Waals surface area contributed by atoms with Gasteiger partial charge in [-0.05, 0) is 79.0 Å². The Hall–Kier alpha value is -4.37. The Bertz CT molecular complexity index is 1460. The summed E-state index contributed by atoms with van der Waals surface area (Å²) in [6, 6.07) is 13.9. The predicted octanol–water partition coefficient (Wildman–Crippen LogP) is 4.50. The standard InChI is InChI=1S/C27H26N6O.CH2O2/c34-27(24-6-4-5-20(31-24)17-33-11-2-1-3-12-33)32-25-14-18(13-19-15-28-16-23(19)25)21-7-9-29-26-22(21)8-10-30-26;2-1-3/h4-10,13-14,16H,1-3,11-12,15,17H2,(H,29,30)(H,32,34);1H,(H,2,3). The van der Waals surface area contributed by atoms with Gasteiger partial charge in [0.1, 0.15) is 11.3 Å². The number of hydrogen-bond acceptors (Lipinski definition) is 6. The van der Waals surface area contributed by atoms with Gasteiger partial charge in [0, 0.05) is 36.1 Å². The fraction of sp³-hybridized carbons (Fsp3) is 0.250. The number of carboxylic acid groups (broad SMARTS) is 1. The van der Waals surface area contributed by atoms with Gasteiger partial charge in [0.05, 0.1) is 17.9 Å². The van der Waals surface area contributed by atoms with Gasteiger partial charge >= 0.3 is 0 Å². The number of H-pyrrole nitrogens is 1. The zero-order valence-corrected chi connectivity index (χ0v) is 20.4. The van der Waals surface area contributed by atoms with Crippen LogP contribution in [0.25, 0.3) is 22.2 Å². The third kappa shape index (κ3) is 5.41. The second kappa shape index (κ2) is 11.1. The van der Waals surface area contributed by atoms with Crippen LogP contribution in [0, 0.1) is 0 Å². The van der Waals surface area contributed by atoms with Crippen molar-refractivity contribution in [3.8, 4) is 11.1 Å². The number of rotatable bonds is 5. The number of piperidine rings is 1. The molecule has 0 spiro atoms. The lowest BCUT2D eigenvalue weighted by atomic mass is 9.97. The Morgan fingerprint density at radius 3 is 2.81 bits per heavy atom. The van der Waals surface area contributed by atoms with Crippen molar-refractivity contribution in [3.63, 3.8) is 0 Å². The molecule has 0 aliphatic carbocycles. The Morgan fingerprint density at radius 2 is 1.97 bits per heavy atom. The third-order valence-corrected chi connectivity index (χ3v) is 6.64. The first-order valence-corrected chi connectivity index (χ1v) is 12.3. The molecule has 3 N–H and O–H groups in total. The van der Waals surface area contributed by atoms with Crippen LogP contribution in [0.4, 0.5) is 5.69 Å². The van der Waals surface area contributed by atoms with Gasteiger partial charge in [-0.25, -0.2) is 9.97 Å². The number of amides is 1. The van der Waals surface area contributed by atoms with E-state index in [1.165, 1.54) is 19.3 Å². The van der Waals surface area contributed by atoms with Crippen LogP contribution in [-0.4, -0.2) is 56.6 Å². The van der Waals surface area contributed by atoms with Crippen molar-refractivity contribution >= 4 is 35.3 Å². The van der Waals surface area contributed by atoms with Gasteiger partial charge in [-0.2, -0.15) is 0 Å². The van der Waals surface area contributed by atoms with Crippen LogP contribution in [0.5, 0.6) is 0 Å². The molecule has 0 bridgehead atoms. The van der Waals surface area contributed by atoms with E-state index in [9.17, 15) is 4.79 Å². The molecule has 37 heavy (non-hydrogen) atoms. The smallest absolute Gasteiger partial charge is 0.290 e. The number of anilines is 1. The largest absolute Gasteiger partial charge is 0.483 e. The summed E-state index contributed by atoms with van der Waals surface area (Å²) < 4.78 is 0. The molecule has 1 amide bonds. The second-order valence-corrected chi connectivity index (χ2v) is 9.08. The van der Waals surface area contributed by atoms with Crippen molar-refractivity contribution in [3.05, 3.63) is 77.4 Å². The molecule has 3 aromatic heterocycles. The number of likely N-dealkylation sites (tertiary alicyclic amines) is 1. The van der Waals surface area contributed by atoms with E-state index in [2.05, 4.69) is 36.2 Å². The molecule has 0 unspecified atom stereocenters. The van der Waals surface area contributed by atoms with Crippen molar-refractivity contribution in [1.29, 1.82) is 0 Å².